The fourth-order valence-corrected chi connectivity index (χ4v) is 1.71. The zero-order valence-electron chi connectivity index (χ0n) is 9.69. The van der Waals surface area contributed by atoms with E-state index < -0.39 is 0 Å². The number of hydrogen-bond acceptors (Lipinski definition) is 1. The minimum Gasteiger partial charge on any atom is -0.370 e. The highest BCUT2D eigenvalue weighted by atomic mass is 15.1. The van der Waals surface area contributed by atoms with Crippen LogP contribution in [0, 0.1) is 5.92 Å². The summed E-state index contributed by atoms with van der Waals surface area (Å²) >= 11 is 0. The van der Waals surface area contributed by atoms with E-state index in [1.807, 2.05) is 18.2 Å². The first-order chi connectivity index (χ1) is 7.75. The van der Waals surface area contributed by atoms with Gasteiger partial charge in [-0.3, -0.25) is 4.99 Å². The number of rotatable bonds is 4. The van der Waals surface area contributed by atoms with Gasteiger partial charge in [0.15, 0.2) is 5.96 Å². The Morgan fingerprint density at radius 1 is 1.44 bits per heavy atom. The molecule has 1 aromatic rings. The molecular formula is C13H19N3. The van der Waals surface area contributed by atoms with Gasteiger partial charge in [-0.25, -0.2) is 0 Å². The molecule has 2 unspecified atom stereocenters. The Morgan fingerprint density at radius 2 is 2.12 bits per heavy atom. The molecule has 0 radical (unpaired) electrons. The normalized spacial score (nSPS) is 24.2. The zero-order chi connectivity index (χ0) is 11.4. The quantitative estimate of drug-likeness (QED) is 0.594. The van der Waals surface area contributed by atoms with Crippen LogP contribution in [0.2, 0.25) is 0 Å². The lowest BCUT2D eigenvalue weighted by Crippen LogP contribution is -2.34. The first-order valence-corrected chi connectivity index (χ1v) is 5.86. The topological polar surface area (TPSA) is 50.4 Å². The fourth-order valence-electron chi connectivity index (χ4n) is 1.71. The molecule has 0 saturated heterocycles. The second-order valence-electron chi connectivity index (χ2n) is 4.47. The Kier molecular flexibility index (Phi) is 3.44. The van der Waals surface area contributed by atoms with Crippen LogP contribution >= 0.6 is 0 Å². The van der Waals surface area contributed by atoms with Crippen molar-refractivity contribution in [3.05, 3.63) is 35.9 Å². The van der Waals surface area contributed by atoms with E-state index in [0.717, 1.165) is 18.9 Å². The van der Waals surface area contributed by atoms with Gasteiger partial charge in [-0.1, -0.05) is 37.3 Å². The number of nitrogens with one attached hydrogen (secondary N) is 1. The van der Waals surface area contributed by atoms with Crippen LogP contribution in [0.4, 0.5) is 0 Å². The minimum atomic E-state index is 0.556. The standard InChI is InChI=1S/C13H19N3/c1-10-9-12(10)16-13(14)15-8-7-11-5-3-2-4-6-11/h2-6,10,12H,7-9H2,1H3,(H3,14,15,16). The number of hydrogen-bond donors (Lipinski definition) is 2. The van der Waals surface area contributed by atoms with Crippen molar-refractivity contribution in [1.29, 1.82) is 0 Å². The third-order valence-electron chi connectivity index (χ3n) is 2.97. The third-order valence-corrected chi connectivity index (χ3v) is 2.97. The van der Waals surface area contributed by atoms with Crippen LogP contribution in [0.3, 0.4) is 0 Å². The van der Waals surface area contributed by atoms with Crippen LogP contribution in [0.5, 0.6) is 0 Å². The molecule has 16 heavy (non-hydrogen) atoms. The Hall–Kier alpha value is -1.51. The number of guanidine groups is 1. The second-order valence-corrected chi connectivity index (χ2v) is 4.47. The molecule has 1 fully saturated rings. The number of nitrogens with two attached hydrogens (primary N) is 1. The summed E-state index contributed by atoms with van der Waals surface area (Å²) in [7, 11) is 0. The van der Waals surface area contributed by atoms with E-state index in [1.165, 1.54) is 12.0 Å². The molecule has 0 bridgehead atoms. The maximum atomic E-state index is 5.78. The summed E-state index contributed by atoms with van der Waals surface area (Å²) in [6, 6.07) is 10.9. The van der Waals surface area contributed by atoms with Crippen LogP contribution < -0.4 is 11.1 Å². The number of aliphatic imine (C=N–C) groups is 1. The van der Waals surface area contributed by atoms with Gasteiger partial charge in [-0.05, 0) is 24.3 Å². The van der Waals surface area contributed by atoms with Gasteiger partial charge in [0.1, 0.15) is 0 Å². The smallest absolute Gasteiger partial charge is 0.188 e. The summed E-state index contributed by atoms with van der Waals surface area (Å²) in [6.45, 7) is 2.97. The Balaban J connectivity index is 1.72. The van der Waals surface area contributed by atoms with Crippen LogP contribution in [-0.4, -0.2) is 18.5 Å². The van der Waals surface area contributed by atoms with Crippen molar-refractivity contribution >= 4 is 5.96 Å². The highest BCUT2D eigenvalue weighted by molar-refractivity contribution is 5.78. The SMILES string of the molecule is CC1CC1NC(N)=NCCc1ccccc1. The van der Waals surface area contributed by atoms with E-state index in [9.17, 15) is 0 Å². The lowest BCUT2D eigenvalue weighted by atomic mass is 10.2. The molecule has 3 N–H and O–H groups in total. The maximum absolute atomic E-state index is 5.78. The Morgan fingerprint density at radius 3 is 2.75 bits per heavy atom. The zero-order valence-corrected chi connectivity index (χ0v) is 9.69. The van der Waals surface area contributed by atoms with E-state index in [-0.39, 0.29) is 0 Å². The summed E-state index contributed by atoms with van der Waals surface area (Å²) in [4.78, 5) is 4.32. The Bertz CT molecular complexity index is 359. The van der Waals surface area contributed by atoms with Crippen LogP contribution in [0.1, 0.15) is 18.9 Å². The summed E-state index contributed by atoms with van der Waals surface area (Å²) in [6.07, 6.45) is 2.17. The second kappa shape index (κ2) is 5.01. The molecule has 2 atom stereocenters. The highest BCUT2D eigenvalue weighted by Gasteiger charge is 2.32. The van der Waals surface area contributed by atoms with Gasteiger partial charge < -0.3 is 11.1 Å². The number of nitrogens with zero attached hydrogens (tertiary/aromatic N) is 1. The predicted octanol–water partition coefficient (Wildman–Crippen LogP) is 1.54. The van der Waals surface area contributed by atoms with E-state index >= 15 is 0 Å². The number of benzene rings is 1. The monoisotopic (exact) mass is 217 g/mol. The lowest BCUT2D eigenvalue weighted by molar-refractivity contribution is 0.799. The predicted molar refractivity (Wildman–Crippen MR) is 67.3 cm³/mol. The molecule has 0 spiro atoms. The van der Waals surface area contributed by atoms with Crippen molar-refractivity contribution in [3.63, 3.8) is 0 Å². The van der Waals surface area contributed by atoms with Gasteiger partial charge in [0.05, 0.1) is 0 Å². The Labute approximate surface area is 96.8 Å². The summed E-state index contributed by atoms with van der Waals surface area (Å²) in [5.41, 5.74) is 7.08. The molecule has 1 aliphatic rings. The highest BCUT2D eigenvalue weighted by Crippen LogP contribution is 2.28. The van der Waals surface area contributed by atoms with Crippen molar-refractivity contribution in [2.75, 3.05) is 6.54 Å². The molecule has 3 heteroatoms. The molecule has 1 aliphatic carbocycles. The molecule has 0 amide bonds. The summed E-state index contributed by atoms with van der Waals surface area (Å²) < 4.78 is 0. The van der Waals surface area contributed by atoms with Gasteiger partial charge in [-0.15, -0.1) is 0 Å². The largest absolute Gasteiger partial charge is 0.370 e. The van der Waals surface area contributed by atoms with Crippen LogP contribution in [-0.2, 0) is 6.42 Å². The van der Waals surface area contributed by atoms with Crippen molar-refractivity contribution in [1.82, 2.24) is 5.32 Å². The van der Waals surface area contributed by atoms with Crippen molar-refractivity contribution in [3.8, 4) is 0 Å². The van der Waals surface area contributed by atoms with Crippen molar-refractivity contribution in [2.45, 2.75) is 25.8 Å². The lowest BCUT2D eigenvalue weighted by Gasteiger charge is -2.03. The molecule has 0 aliphatic heterocycles. The average Bonchev–Trinajstić information content (AvgIpc) is 2.95. The molecule has 2 rings (SSSR count). The van der Waals surface area contributed by atoms with E-state index in [2.05, 4.69) is 29.4 Å². The molecule has 0 aromatic heterocycles. The summed E-state index contributed by atoms with van der Waals surface area (Å²) in [5, 5.41) is 3.22. The van der Waals surface area contributed by atoms with Crippen LogP contribution in [0.15, 0.2) is 35.3 Å². The van der Waals surface area contributed by atoms with Gasteiger partial charge in [0, 0.05) is 12.6 Å². The molecule has 1 saturated carbocycles. The van der Waals surface area contributed by atoms with Gasteiger partial charge >= 0.3 is 0 Å². The molecule has 1 aromatic carbocycles. The van der Waals surface area contributed by atoms with Gasteiger partial charge in [-0.2, -0.15) is 0 Å². The molecular weight excluding hydrogens is 198 g/mol. The first kappa shape index (κ1) is 11.0. The summed E-state index contributed by atoms with van der Waals surface area (Å²) in [5.74, 6) is 1.34. The van der Waals surface area contributed by atoms with Crippen LogP contribution in [0.25, 0.3) is 0 Å². The molecule has 86 valence electrons. The van der Waals surface area contributed by atoms with E-state index in [0.29, 0.717) is 12.0 Å². The fraction of sp³-hybridized carbons (Fsp3) is 0.462. The van der Waals surface area contributed by atoms with E-state index in [4.69, 9.17) is 5.73 Å². The molecule has 0 heterocycles. The third kappa shape index (κ3) is 3.26. The van der Waals surface area contributed by atoms with Gasteiger partial charge in [0.2, 0.25) is 0 Å². The minimum absolute atomic E-state index is 0.556. The maximum Gasteiger partial charge on any atom is 0.188 e. The molecule has 3 nitrogen and oxygen atoms in total. The first-order valence-electron chi connectivity index (χ1n) is 5.86. The van der Waals surface area contributed by atoms with Crippen molar-refractivity contribution in [2.24, 2.45) is 16.6 Å². The van der Waals surface area contributed by atoms with Crippen molar-refractivity contribution < 1.29 is 0 Å². The van der Waals surface area contributed by atoms with E-state index in [1.54, 1.807) is 0 Å². The van der Waals surface area contributed by atoms with Gasteiger partial charge in [0.25, 0.3) is 0 Å². The average molecular weight is 217 g/mol.